The fourth-order valence-corrected chi connectivity index (χ4v) is 3.12. The molecule has 1 aliphatic rings. The van der Waals surface area contributed by atoms with Gasteiger partial charge in [-0.1, -0.05) is 103 Å². The van der Waals surface area contributed by atoms with Gasteiger partial charge in [0.1, 0.15) is 6.04 Å². The molecule has 2 nitrogen and oxygen atoms in total. The molecule has 0 radical (unpaired) electrons. The van der Waals surface area contributed by atoms with Crippen molar-refractivity contribution in [2.45, 2.75) is 12.1 Å². The van der Waals surface area contributed by atoms with Gasteiger partial charge in [0.15, 0.2) is 0 Å². The number of rotatable bonds is 4. The van der Waals surface area contributed by atoms with Crippen LogP contribution in [0.25, 0.3) is 6.08 Å². The van der Waals surface area contributed by atoms with Crippen molar-refractivity contribution in [3.05, 3.63) is 114 Å². The number of nitrogens with zero attached hydrogens (tertiary/aromatic N) is 2. The first kappa shape index (κ1) is 16.2. The molecule has 2 heteroatoms. The minimum Gasteiger partial charge on any atom is -0.280 e. The summed E-state index contributed by atoms with van der Waals surface area (Å²) in [7, 11) is 0. The summed E-state index contributed by atoms with van der Waals surface area (Å²) in [4.78, 5) is 9.85. The first-order chi connectivity index (χ1) is 12.9. The summed E-state index contributed by atoms with van der Waals surface area (Å²) in [6.45, 7) is 0. The molecule has 0 aromatic heterocycles. The van der Waals surface area contributed by atoms with Crippen molar-refractivity contribution in [1.29, 1.82) is 0 Å². The van der Waals surface area contributed by atoms with Crippen molar-refractivity contribution in [3.8, 4) is 0 Å². The summed E-state index contributed by atoms with van der Waals surface area (Å²) in [5.74, 6) is 0. The molecule has 0 saturated carbocycles. The monoisotopic (exact) mass is 336 g/mol. The van der Waals surface area contributed by atoms with E-state index in [-0.39, 0.29) is 12.1 Å². The zero-order chi connectivity index (χ0) is 17.6. The van der Waals surface area contributed by atoms with E-state index in [2.05, 4.69) is 60.7 Å². The van der Waals surface area contributed by atoms with Crippen molar-refractivity contribution >= 4 is 18.0 Å². The Morgan fingerprint density at radius 3 is 2.00 bits per heavy atom. The molecule has 0 bridgehead atoms. The Balaban J connectivity index is 1.69. The van der Waals surface area contributed by atoms with Crippen LogP contribution in [0.5, 0.6) is 0 Å². The van der Waals surface area contributed by atoms with Gasteiger partial charge in [-0.25, -0.2) is 0 Å². The third-order valence-electron chi connectivity index (χ3n) is 4.47. The van der Waals surface area contributed by atoms with E-state index in [9.17, 15) is 0 Å². The molecule has 0 N–H and O–H groups in total. The molecule has 3 aromatic rings. The van der Waals surface area contributed by atoms with Gasteiger partial charge >= 0.3 is 0 Å². The smallest absolute Gasteiger partial charge is 0.101 e. The van der Waals surface area contributed by atoms with E-state index in [1.165, 1.54) is 11.1 Å². The van der Waals surface area contributed by atoms with Gasteiger partial charge in [0, 0.05) is 11.8 Å². The van der Waals surface area contributed by atoms with Crippen molar-refractivity contribution in [2.24, 2.45) is 9.98 Å². The second-order valence-corrected chi connectivity index (χ2v) is 6.27. The van der Waals surface area contributed by atoms with Crippen molar-refractivity contribution in [1.82, 2.24) is 0 Å². The highest BCUT2D eigenvalue weighted by Crippen LogP contribution is 2.28. The zero-order valence-electron chi connectivity index (χ0n) is 14.4. The summed E-state index contributed by atoms with van der Waals surface area (Å²) in [5, 5.41) is 0. The molecule has 1 heterocycles. The van der Waals surface area contributed by atoms with E-state index < -0.39 is 0 Å². The Morgan fingerprint density at radius 1 is 0.692 bits per heavy atom. The highest BCUT2D eigenvalue weighted by molar-refractivity contribution is 6.38. The van der Waals surface area contributed by atoms with Crippen LogP contribution in [-0.4, -0.2) is 18.0 Å². The molecule has 0 saturated heterocycles. The number of hydrogen-bond donors (Lipinski definition) is 0. The van der Waals surface area contributed by atoms with Crippen molar-refractivity contribution in [3.63, 3.8) is 0 Å². The van der Waals surface area contributed by atoms with Gasteiger partial charge in [0.25, 0.3) is 0 Å². The first-order valence-corrected chi connectivity index (χ1v) is 8.85. The van der Waals surface area contributed by atoms with Crippen molar-refractivity contribution < 1.29 is 0 Å². The molecule has 4 rings (SSSR count). The molecule has 0 fully saturated rings. The van der Waals surface area contributed by atoms with Crippen LogP contribution >= 0.6 is 0 Å². The zero-order valence-corrected chi connectivity index (χ0v) is 14.4. The molecule has 0 aliphatic carbocycles. The SMILES string of the molecule is C(=CC1N=C(c2ccccc2)C=NC1c1ccccc1)c1ccccc1. The molecular formula is C24H20N2. The fourth-order valence-electron chi connectivity index (χ4n) is 3.12. The molecule has 26 heavy (non-hydrogen) atoms. The lowest BCUT2D eigenvalue weighted by atomic mass is 9.97. The van der Waals surface area contributed by atoms with Crippen LogP contribution in [-0.2, 0) is 0 Å². The lowest BCUT2D eigenvalue weighted by Gasteiger charge is -2.23. The normalized spacial score (nSPS) is 19.5. The van der Waals surface area contributed by atoms with Gasteiger partial charge in [0.2, 0.25) is 0 Å². The number of aliphatic imine (C=N–C) groups is 2. The molecule has 126 valence electrons. The predicted octanol–water partition coefficient (Wildman–Crippen LogP) is 5.38. The largest absolute Gasteiger partial charge is 0.280 e. The Hall–Kier alpha value is -3.26. The van der Waals surface area contributed by atoms with Crippen LogP contribution in [0, 0.1) is 0 Å². The Labute approximate surface area is 154 Å². The maximum absolute atomic E-state index is 5.01. The summed E-state index contributed by atoms with van der Waals surface area (Å²) in [5.41, 5.74) is 4.38. The minimum atomic E-state index is -0.0298. The maximum atomic E-state index is 5.01. The second kappa shape index (κ2) is 7.75. The minimum absolute atomic E-state index is 0.00336. The van der Waals surface area contributed by atoms with Gasteiger partial charge in [-0.2, -0.15) is 0 Å². The summed E-state index contributed by atoms with van der Waals surface area (Å²) < 4.78 is 0. The van der Waals surface area contributed by atoms with Gasteiger partial charge in [-0.15, -0.1) is 0 Å². The summed E-state index contributed by atoms with van der Waals surface area (Å²) in [6, 6.07) is 30.9. The van der Waals surface area contributed by atoms with E-state index in [1.54, 1.807) is 0 Å². The Bertz CT molecular complexity index is 926. The van der Waals surface area contributed by atoms with E-state index in [1.807, 2.05) is 48.7 Å². The maximum Gasteiger partial charge on any atom is 0.101 e. The van der Waals surface area contributed by atoms with Crippen LogP contribution in [0.2, 0.25) is 0 Å². The van der Waals surface area contributed by atoms with Crippen LogP contribution in [0.3, 0.4) is 0 Å². The highest BCUT2D eigenvalue weighted by Gasteiger charge is 2.23. The summed E-state index contributed by atoms with van der Waals surface area (Å²) in [6.07, 6.45) is 6.19. The lowest BCUT2D eigenvalue weighted by Crippen LogP contribution is -2.22. The quantitative estimate of drug-likeness (QED) is 0.611. The van der Waals surface area contributed by atoms with Crippen LogP contribution in [0.1, 0.15) is 22.7 Å². The van der Waals surface area contributed by atoms with E-state index >= 15 is 0 Å². The molecule has 3 aromatic carbocycles. The third-order valence-corrected chi connectivity index (χ3v) is 4.47. The van der Waals surface area contributed by atoms with Crippen LogP contribution in [0.15, 0.2) is 107 Å². The standard InChI is InChI=1S/C24H20N2/c1-4-10-19(11-5-1)16-17-22-24(21-14-8-3-9-15-21)25-18-23(26-22)20-12-6-2-7-13-20/h1-18,22,24H. The first-order valence-electron chi connectivity index (χ1n) is 8.85. The van der Waals surface area contributed by atoms with E-state index in [4.69, 9.17) is 9.98 Å². The summed E-state index contributed by atoms with van der Waals surface area (Å²) >= 11 is 0. The predicted molar refractivity (Wildman–Crippen MR) is 110 cm³/mol. The van der Waals surface area contributed by atoms with Crippen molar-refractivity contribution in [2.75, 3.05) is 0 Å². The lowest BCUT2D eigenvalue weighted by molar-refractivity contribution is 0.639. The average Bonchev–Trinajstić information content (AvgIpc) is 2.74. The second-order valence-electron chi connectivity index (χ2n) is 6.27. The Kier molecular flexibility index (Phi) is 4.83. The van der Waals surface area contributed by atoms with Gasteiger partial charge < -0.3 is 0 Å². The number of hydrogen-bond acceptors (Lipinski definition) is 2. The molecule has 0 spiro atoms. The molecule has 1 aliphatic heterocycles. The average molecular weight is 336 g/mol. The molecule has 2 atom stereocenters. The number of benzene rings is 3. The third kappa shape index (κ3) is 3.70. The van der Waals surface area contributed by atoms with Gasteiger partial charge in [0.05, 0.1) is 11.8 Å². The van der Waals surface area contributed by atoms with Gasteiger partial charge in [-0.05, 0) is 11.1 Å². The topological polar surface area (TPSA) is 24.7 Å². The molecule has 2 unspecified atom stereocenters. The van der Waals surface area contributed by atoms with E-state index in [0.29, 0.717) is 0 Å². The molecule has 0 amide bonds. The Morgan fingerprint density at radius 2 is 1.31 bits per heavy atom. The van der Waals surface area contributed by atoms with Crippen LogP contribution in [0.4, 0.5) is 0 Å². The molecular weight excluding hydrogens is 316 g/mol. The van der Waals surface area contributed by atoms with E-state index in [0.717, 1.165) is 11.3 Å². The van der Waals surface area contributed by atoms with Crippen LogP contribution < -0.4 is 0 Å². The highest BCUT2D eigenvalue weighted by atomic mass is 15.0. The fraction of sp³-hybridized carbons (Fsp3) is 0.0833. The van der Waals surface area contributed by atoms with Gasteiger partial charge in [-0.3, -0.25) is 9.98 Å².